The van der Waals surface area contributed by atoms with Crippen molar-refractivity contribution in [3.8, 4) is 0 Å². The third kappa shape index (κ3) is 7.46. The number of nitrogens with zero attached hydrogens (tertiary/aromatic N) is 1. The highest BCUT2D eigenvalue weighted by atomic mass is 16.2. The van der Waals surface area contributed by atoms with Crippen LogP contribution in [0.15, 0.2) is 72.8 Å². The molecule has 1 aliphatic rings. The summed E-state index contributed by atoms with van der Waals surface area (Å²) in [5, 5.41) is 12.5. The molecular formula is C33H44N4O2. The van der Waals surface area contributed by atoms with E-state index in [-0.39, 0.29) is 28.9 Å². The Morgan fingerprint density at radius 3 is 2.13 bits per heavy atom. The third-order valence-corrected chi connectivity index (χ3v) is 7.83. The predicted octanol–water partition coefficient (Wildman–Crippen LogP) is 4.47. The van der Waals surface area contributed by atoms with E-state index >= 15 is 0 Å². The van der Waals surface area contributed by atoms with E-state index in [1.165, 1.54) is 5.39 Å². The fourth-order valence-corrected chi connectivity index (χ4v) is 6.28. The minimum atomic E-state index is -0.617. The molecule has 3 aromatic rings. The molecule has 0 spiro atoms. The van der Waals surface area contributed by atoms with Crippen LogP contribution in [0.3, 0.4) is 0 Å². The number of nitrogens with one attached hydrogen (secondary N) is 3. The van der Waals surface area contributed by atoms with Crippen molar-refractivity contribution in [1.82, 2.24) is 20.9 Å². The molecule has 1 aliphatic heterocycles. The number of likely N-dealkylation sites (N-methyl/N-ethyl adjacent to an activating group) is 2. The van der Waals surface area contributed by atoms with Crippen molar-refractivity contribution < 1.29 is 9.59 Å². The minimum absolute atomic E-state index is 0.0308. The van der Waals surface area contributed by atoms with Gasteiger partial charge in [-0.05, 0) is 75.9 Å². The van der Waals surface area contributed by atoms with Gasteiger partial charge >= 0.3 is 0 Å². The first-order valence-corrected chi connectivity index (χ1v) is 14.0. The van der Waals surface area contributed by atoms with Crippen molar-refractivity contribution >= 4 is 22.6 Å². The van der Waals surface area contributed by atoms with E-state index in [0.717, 1.165) is 29.4 Å². The van der Waals surface area contributed by atoms with E-state index in [1.807, 2.05) is 49.5 Å². The van der Waals surface area contributed by atoms with Crippen LogP contribution in [0.5, 0.6) is 0 Å². The Balaban J connectivity index is 1.54. The molecule has 0 saturated carbocycles. The number of piperidine rings is 1. The molecule has 6 heteroatoms. The normalized spacial score (nSPS) is 18.3. The molecule has 2 amide bonds. The van der Waals surface area contributed by atoms with Crippen LogP contribution < -0.4 is 16.0 Å². The van der Waals surface area contributed by atoms with Crippen molar-refractivity contribution in [2.45, 2.75) is 82.6 Å². The molecule has 1 saturated heterocycles. The summed E-state index contributed by atoms with van der Waals surface area (Å²) in [5.74, 6) is -0.193. The maximum atomic E-state index is 13.9. The van der Waals surface area contributed by atoms with Gasteiger partial charge in [0.15, 0.2) is 0 Å². The van der Waals surface area contributed by atoms with Crippen LogP contribution in [0.25, 0.3) is 10.8 Å². The van der Waals surface area contributed by atoms with Gasteiger partial charge in [-0.3, -0.25) is 9.59 Å². The monoisotopic (exact) mass is 528 g/mol. The van der Waals surface area contributed by atoms with Crippen LogP contribution in [0.2, 0.25) is 0 Å². The lowest BCUT2D eigenvalue weighted by molar-refractivity contribution is -0.141. The van der Waals surface area contributed by atoms with E-state index in [1.54, 1.807) is 11.9 Å². The van der Waals surface area contributed by atoms with Crippen molar-refractivity contribution in [3.63, 3.8) is 0 Å². The number of fused-ring (bicyclic) bond motifs is 1. The molecule has 2 atom stereocenters. The Kier molecular flexibility index (Phi) is 8.77. The van der Waals surface area contributed by atoms with Gasteiger partial charge in [-0.15, -0.1) is 0 Å². The first-order chi connectivity index (χ1) is 18.5. The lowest BCUT2D eigenvalue weighted by atomic mass is 9.79. The van der Waals surface area contributed by atoms with Crippen LogP contribution in [0.1, 0.15) is 51.7 Å². The van der Waals surface area contributed by atoms with E-state index in [9.17, 15) is 9.59 Å². The SMILES string of the molecule is CN[C@H](Cc1ccc2ccccc2c1)C(=O)N(C)[C@H](Cc1ccccc1)C(=O)NC1CC(C)(C)NC(C)(C)C1. The number of carbonyl (C=O) groups is 2. The second kappa shape index (κ2) is 11.9. The smallest absolute Gasteiger partial charge is 0.243 e. The summed E-state index contributed by atoms with van der Waals surface area (Å²) in [6.45, 7) is 8.70. The molecular weight excluding hydrogens is 484 g/mol. The molecule has 3 N–H and O–H groups in total. The topological polar surface area (TPSA) is 73.5 Å². The Labute approximate surface area is 233 Å². The Hall–Kier alpha value is -3.22. The van der Waals surface area contributed by atoms with Gasteiger partial charge in [0.05, 0.1) is 6.04 Å². The van der Waals surface area contributed by atoms with Gasteiger partial charge in [0, 0.05) is 30.6 Å². The summed E-state index contributed by atoms with van der Waals surface area (Å²) in [7, 11) is 3.57. The molecule has 1 heterocycles. The molecule has 6 nitrogen and oxygen atoms in total. The largest absolute Gasteiger partial charge is 0.351 e. The molecule has 0 unspecified atom stereocenters. The van der Waals surface area contributed by atoms with Gasteiger partial charge < -0.3 is 20.9 Å². The quantitative estimate of drug-likeness (QED) is 0.383. The maximum absolute atomic E-state index is 13.9. The highest BCUT2D eigenvalue weighted by Crippen LogP contribution is 2.29. The lowest BCUT2D eigenvalue weighted by Crippen LogP contribution is -2.63. The van der Waals surface area contributed by atoms with Crippen molar-refractivity contribution in [1.29, 1.82) is 0 Å². The standard InChI is InChI=1S/C33H44N4O2/c1-32(2)21-27(22-33(3,4)36-32)35-30(38)29(20-23-12-8-7-9-13-23)37(6)31(39)28(34-5)19-24-16-17-25-14-10-11-15-26(25)18-24/h7-18,27-29,34,36H,19-22H2,1-6H3,(H,35,38)/t28-,29-/m1/s1. The average molecular weight is 529 g/mol. The first-order valence-electron chi connectivity index (χ1n) is 14.0. The number of hydrogen-bond acceptors (Lipinski definition) is 4. The molecule has 3 aromatic carbocycles. The summed E-state index contributed by atoms with van der Waals surface area (Å²) in [6.07, 6.45) is 2.66. The molecule has 0 aliphatic carbocycles. The number of rotatable bonds is 9. The molecule has 0 radical (unpaired) electrons. The Morgan fingerprint density at radius 1 is 0.872 bits per heavy atom. The van der Waals surface area contributed by atoms with Crippen molar-refractivity contribution in [2.75, 3.05) is 14.1 Å². The van der Waals surface area contributed by atoms with E-state index in [4.69, 9.17) is 0 Å². The second-order valence-corrected chi connectivity index (χ2v) is 12.4. The van der Waals surface area contributed by atoms with Gasteiger partial charge in [0.25, 0.3) is 0 Å². The summed E-state index contributed by atoms with van der Waals surface area (Å²) in [4.78, 5) is 29.3. The summed E-state index contributed by atoms with van der Waals surface area (Å²) in [6, 6.07) is 23.5. The van der Waals surface area contributed by atoms with Crippen LogP contribution in [-0.2, 0) is 22.4 Å². The van der Waals surface area contributed by atoms with E-state index in [0.29, 0.717) is 12.8 Å². The maximum Gasteiger partial charge on any atom is 0.243 e. The van der Waals surface area contributed by atoms with Crippen LogP contribution in [-0.4, -0.2) is 60.0 Å². The zero-order valence-corrected chi connectivity index (χ0v) is 24.3. The molecule has 4 rings (SSSR count). The number of amides is 2. The van der Waals surface area contributed by atoms with Gasteiger partial charge in [-0.2, -0.15) is 0 Å². The van der Waals surface area contributed by atoms with Crippen LogP contribution in [0, 0.1) is 0 Å². The zero-order valence-electron chi connectivity index (χ0n) is 24.3. The zero-order chi connectivity index (χ0) is 28.2. The first kappa shape index (κ1) is 28.8. The Bertz CT molecular complexity index is 1270. The van der Waals surface area contributed by atoms with Crippen molar-refractivity contribution in [3.05, 3.63) is 83.9 Å². The van der Waals surface area contributed by atoms with Crippen LogP contribution >= 0.6 is 0 Å². The van der Waals surface area contributed by atoms with Gasteiger partial charge in [-0.1, -0.05) is 72.8 Å². The number of carbonyl (C=O) groups excluding carboxylic acids is 2. The van der Waals surface area contributed by atoms with Crippen LogP contribution in [0.4, 0.5) is 0 Å². The number of benzene rings is 3. The molecule has 208 valence electrons. The van der Waals surface area contributed by atoms with Gasteiger partial charge in [0.2, 0.25) is 11.8 Å². The fourth-order valence-electron chi connectivity index (χ4n) is 6.28. The number of hydrogen-bond donors (Lipinski definition) is 3. The lowest BCUT2D eigenvalue weighted by Gasteiger charge is -2.47. The third-order valence-electron chi connectivity index (χ3n) is 7.83. The van der Waals surface area contributed by atoms with E-state index in [2.05, 4.69) is 74.0 Å². The second-order valence-electron chi connectivity index (χ2n) is 12.4. The molecule has 0 aromatic heterocycles. The highest BCUT2D eigenvalue weighted by Gasteiger charge is 2.40. The summed E-state index contributed by atoms with van der Waals surface area (Å²) in [5.41, 5.74) is 1.93. The predicted molar refractivity (Wildman–Crippen MR) is 160 cm³/mol. The fraction of sp³-hybridized carbons (Fsp3) is 0.455. The van der Waals surface area contributed by atoms with Crippen molar-refractivity contribution in [2.24, 2.45) is 0 Å². The van der Waals surface area contributed by atoms with Gasteiger partial charge in [0.1, 0.15) is 6.04 Å². The van der Waals surface area contributed by atoms with E-state index < -0.39 is 12.1 Å². The Morgan fingerprint density at radius 2 is 1.49 bits per heavy atom. The molecule has 1 fully saturated rings. The molecule has 39 heavy (non-hydrogen) atoms. The summed E-state index contributed by atoms with van der Waals surface area (Å²) < 4.78 is 0. The molecule has 0 bridgehead atoms. The highest BCUT2D eigenvalue weighted by molar-refractivity contribution is 5.90. The minimum Gasteiger partial charge on any atom is -0.351 e. The van der Waals surface area contributed by atoms with Gasteiger partial charge in [-0.25, -0.2) is 0 Å². The average Bonchev–Trinajstić information content (AvgIpc) is 2.88. The summed E-state index contributed by atoms with van der Waals surface area (Å²) >= 11 is 0.